The third kappa shape index (κ3) is 5.08. The molecule has 2 fully saturated rings. The molecule has 2 heteroatoms. The number of nitrogens with zero attached hydrogens (tertiary/aromatic N) is 2. The van der Waals surface area contributed by atoms with Crippen LogP contribution in [0.4, 0.5) is 0 Å². The SMILES string of the molecule is CCC[C@H]1CC[C@H](c2cnc(-c3ccc([C@H]4CC[C@H](CC)CC4)cc3)nc2)CC1. The molecule has 0 aliphatic heterocycles. The van der Waals surface area contributed by atoms with E-state index < -0.39 is 0 Å². The molecule has 0 unspecified atom stereocenters. The summed E-state index contributed by atoms with van der Waals surface area (Å²) in [5, 5.41) is 0. The van der Waals surface area contributed by atoms with Crippen LogP contribution in [0.15, 0.2) is 36.7 Å². The fourth-order valence-electron chi connectivity index (χ4n) is 5.70. The van der Waals surface area contributed by atoms with Crippen molar-refractivity contribution in [1.29, 1.82) is 0 Å². The molecule has 0 amide bonds. The van der Waals surface area contributed by atoms with Crippen LogP contribution in [-0.4, -0.2) is 9.97 Å². The normalized spacial score (nSPS) is 27.7. The molecule has 156 valence electrons. The Hall–Kier alpha value is -1.70. The van der Waals surface area contributed by atoms with E-state index in [0.717, 1.165) is 29.1 Å². The standard InChI is InChI=1S/C27H38N2/c1-3-5-21-8-12-24(13-9-21)26-18-28-27(29-19-26)25-16-14-23(15-17-25)22-10-6-20(4-2)7-11-22/h14-22,24H,3-13H2,1-2H3/t20-,21-,22-,24-. The lowest BCUT2D eigenvalue weighted by atomic mass is 9.78. The molecule has 2 saturated carbocycles. The van der Waals surface area contributed by atoms with E-state index in [1.165, 1.54) is 81.8 Å². The smallest absolute Gasteiger partial charge is 0.159 e. The summed E-state index contributed by atoms with van der Waals surface area (Å²) in [5.41, 5.74) is 3.99. The summed E-state index contributed by atoms with van der Waals surface area (Å²) in [7, 11) is 0. The van der Waals surface area contributed by atoms with Gasteiger partial charge in [-0.25, -0.2) is 9.97 Å². The molecule has 2 nitrogen and oxygen atoms in total. The molecule has 2 aliphatic rings. The van der Waals surface area contributed by atoms with Crippen molar-refractivity contribution in [1.82, 2.24) is 9.97 Å². The van der Waals surface area contributed by atoms with Crippen LogP contribution in [0.1, 0.15) is 107 Å². The van der Waals surface area contributed by atoms with Crippen molar-refractivity contribution >= 4 is 0 Å². The van der Waals surface area contributed by atoms with E-state index >= 15 is 0 Å². The Bertz CT molecular complexity index is 733. The van der Waals surface area contributed by atoms with Crippen LogP contribution >= 0.6 is 0 Å². The Morgan fingerprint density at radius 2 is 1.24 bits per heavy atom. The molecule has 0 N–H and O–H groups in total. The summed E-state index contributed by atoms with van der Waals surface area (Å²) in [6.07, 6.45) is 19.1. The monoisotopic (exact) mass is 390 g/mol. The Labute approximate surface area is 177 Å². The summed E-state index contributed by atoms with van der Waals surface area (Å²) < 4.78 is 0. The molecule has 2 aliphatic carbocycles. The molecular weight excluding hydrogens is 352 g/mol. The van der Waals surface area contributed by atoms with Crippen LogP contribution < -0.4 is 0 Å². The van der Waals surface area contributed by atoms with E-state index in [1.54, 1.807) is 0 Å². The van der Waals surface area contributed by atoms with Crippen LogP contribution in [-0.2, 0) is 0 Å². The van der Waals surface area contributed by atoms with Gasteiger partial charge in [0.05, 0.1) is 0 Å². The van der Waals surface area contributed by atoms with Crippen molar-refractivity contribution in [2.24, 2.45) is 11.8 Å². The van der Waals surface area contributed by atoms with Crippen LogP contribution in [0.2, 0.25) is 0 Å². The van der Waals surface area contributed by atoms with E-state index in [0.29, 0.717) is 5.92 Å². The first-order chi connectivity index (χ1) is 14.3. The summed E-state index contributed by atoms with van der Waals surface area (Å²) in [4.78, 5) is 9.46. The largest absolute Gasteiger partial charge is 0.236 e. The van der Waals surface area contributed by atoms with Gasteiger partial charge >= 0.3 is 0 Å². The lowest BCUT2D eigenvalue weighted by Gasteiger charge is -2.28. The van der Waals surface area contributed by atoms with E-state index in [9.17, 15) is 0 Å². The second-order valence-corrected chi connectivity index (χ2v) is 9.59. The third-order valence-electron chi connectivity index (χ3n) is 7.75. The molecule has 0 spiro atoms. The topological polar surface area (TPSA) is 25.8 Å². The first-order valence-corrected chi connectivity index (χ1v) is 12.2. The number of benzene rings is 1. The van der Waals surface area contributed by atoms with E-state index in [2.05, 4.69) is 50.5 Å². The molecule has 29 heavy (non-hydrogen) atoms. The van der Waals surface area contributed by atoms with Crippen molar-refractivity contribution in [2.75, 3.05) is 0 Å². The molecule has 1 aromatic carbocycles. The molecule has 0 radical (unpaired) electrons. The Morgan fingerprint density at radius 1 is 0.690 bits per heavy atom. The number of hydrogen-bond acceptors (Lipinski definition) is 2. The van der Waals surface area contributed by atoms with Crippen molar-refractivity contribution < 1.29 is 0 Å². The highest BCUT2D eigenvalue weighted by molar-refractivity contribution is 5.55. The minimum atomic E-state index is 0.665. The predicted octanol–water partition coefficient (Wildman–Crippen LogP) is 7.90. The molecule has 0 atom stereocenters. The minimum absolute atomic E-state index is 0.665. The number of hydrogen-bond donors (Lipinski definition) is 0. The van der Waals surface area contributed by atoms with Crippen molar-refractivity contribution in [3.63, 3.8) is 0 Å². The average molecular weight is 391 g/mol. The maximum Gasteiger partial charge on any atom is 0.159 e. The zero-order chi connectivity index (χ0) is 20.1. The van der Waals surface area contributed by atoms with Gasteiger partial charge in [0.15, 0.2) is 5.82 Å². The highest BCUT2D eigenvalue weighted by Gasteiger charge is 2.23. The highest BCUT2D eigenvalue weighted by atomic mass is 14.9. The molecule has 2 aromatic rings. The Balaban J connectivity index is 1.36. The van der Waals surface area contributed by atoms with Crippen molar-refractivity contribution in [2.45, 2.75) is 96.3 Å². The molecule has 1 heterocycles. The first-order valence-electron chi connectivity index (χ1n) is 12.2. The van der Waals surface area contributed by atoms with Crippen LogP contribution in [0, 0.1) is 11.8 Å². The zero-order valence-electron chi connectivity index (χ0n) is 18.4. The highest BCUT2D eigenvalue weighted by Crippen LogP contribution is 2.38. The Kier molecular flexibility index (Phi) is 7.00. The molecule has 0 bridgehead atoms. The van der Waals surface area contributed by atoms with Gasteiger partial charge in [0.25, 0.3) is 0 Å². The summed E-state index contributed by atoms with van der Waals surface area (Å²) >= 11 is 0. The predicted molar refractivity (Wildman–Crippen MR) is 122 cm³/mol. The minimum Gasteiger partial charge on any atom is -0.236 e. The first kappa shape index (κ1) is 20.6. The fourth-order valence-corrected chi connectivity index (χ4v) is 5.70. The zero-order valence-corrected chi connectivity index (χ0v) is 18.4. The molecule has 4 rings (SSSR count). The van der Waals surface area contributed by atoms with Crippen LogP contribution in [0.5, 0.6) is 0 Å². The van der Waals surface area contributed by atoms with Gasteiger partial charge < -0.3 is 0 Å². The van der Waals surface area contributed by atoms with Gasteiger partial charge in [0, 0.05) is 18.0 Å². The van der Waals surface area contributed by atoms with Gasteiger partial charge in [0.1, 0.15) is 0 Å². The van der Waals surface area contributed by atoms with Gasteiger partial charge in [0.2, 0.25) is 0 Å². The van der Waals surface area contributed by atoms with E-state index in [1.807, 2.05) is 0 Å². The lowest BCUT2D eigenvalue weighted by molar-refractivity contribution is 0.308. The average Bonchev–Trinajstić information content (AvgIpc) is 2.80. The molecule has 0 saturated heterocycles. The van der Waals surface area contributed by atoms with Gasteiger partial charge in [-0.05, 0) is 86.2 Å². The molecule has 1 aromatic heterocycles. The Morgan fingerprint density at radius 3 is 1.79 bits per heavy atom. The van der Waals surface area contributed by atoms with E-state index in [4.69, 9.17) is 9.97 Å². The summed E-state index contributed by atoms with van der Waals surface area (Å²) in [5.74, 6) is 4.19. The van der Waals surface area contributed by atoms with Gasteiger partial charge in [-0.15, -0.1) is 0 Å². The van der Waals surface area contributed by atoms with Crippen molar-refractivity contribution in [3.8, 4) is 11.4 Å². The summed E-state index contributed by atoms with van der Waals surface area (Å²) in [6.45, 7) is 4.64. The van der Waals surface area contributed by atoms with Gasteiger partial charge in [-0.1, -0.05) is 57.4 Å². The lowest BCUT2D eigenvalue weighted by Crippen LogP contribution is -2.13. The number of rotatable bonds is 6. The second-order valence-electron chi connectivity index (χ2n) is 9.59. The maximum atomic E-state index is 4.73. The van der Waals surface area contributed by atoms with Crippen LogP contribution in [0.25, 0.3) is 11.4 Å². The van der Waals surface area contributed by atoms with Gasteiger partial charge in [-0.2, -0.15) is 0 Å². The van der Waals surface area contributed by atoms with E-state index in [-0.39, 0.29) is 0 Å². The summed E-state index contributed by atoms with van der Waals surface area (Å²) in [6, 6.07) is 9.09. The second kappa shape index (κ2) is 9.87. The fraction of sp³-hybridized carbons (Fsp3) is 0.630. The molecular formula is C27H38N2. The number of aromatic nitrogens is 2. The van der Waals surface area contributed by atoms with Crippen LogP contribution in [0.3, 0.4) is 0 Å². The van der Waals surface area contributed by atoms with Gasteiger partial charge in [-0.3, -0.25) is 0 Å². The quantitative estimate of drug-likeness (QED) is 0.501. The third-order valence-corrected chi connectivity index (χ3v) is 7.75. The van der Waals surface area contributed by atoms with Crippen molar-refractivity contribution in [3.05, 3.63) is 47.8 Å². The maximum absolute atomic E-state index is 4.73.